The summed E-state index contributed by atoms with van der Waals surface area (Å²) in [6, 6.07) is 9.67. The van der Waals surface area contributed by atoms with E-state index in [4.69, 9.17) is 5.73 Å². The third-order valence-electron chi connectivity index (χ3n) is 4.16. The molecule has 2 N–H and O–H groups in total. The Balaban J connectivity index is 1.95. The highest BCUT2D eigenvalue weighted by molar-refractivity contribution is 5.99. The molecule has 1 heterocycles. The molecule has 0 aliphatic heterocycles. The molecule has 0 atom stereocenters. The fourth-order valence-electron chi connectivity index (χ4n) is 2.95. The van der Waals surface area contributed by atoms with Crippen LogP contribution in [0.2, 0.25) is 0 Å². The fourth-order valence-corrected chi connectivity index (χ4v) is 2.95. The molecular weight excluding hydrogens is 250 g/mol. The number of nitrogen functional groups attached to an aromatic ring is 1. The molecule has 4 nitrogen and oxygen atoms in total. The van der Waals surface area contributed by atoms with Gasteiger partial charge in [-0.15, -0.1) is 0 Å². The van der Waals surface area contributed by atoms with Gasteiger partial charge in [0.25, 0.3) is 5.91 Å². The van der Waals surface area contributed by atoms with Gasteiger partial charge in [-0.2, -0.15) is 0 Å². The van der Waals surface area contributed by atoms with Crippen LogP contribution < -0.4 is 5.73 Å². The quantitative estimate of drug-likeness (QED) is 0.912. The molecule has 1 aliphatic rings. The maximum absolute atomic E-state index is 12.5. The first kappa shape index (κ1) is 12.9. The maximum atomic E-state index is 12.5. The zero-order chi connectivity index (χ0) is 14.1. The normalized spacial score (nSPS) is 15.7. The van der Waals surface area contributed by atoms with Gasteiger partial charge in [-0.3, -0.25) is 4.79 Å². The van der Waals surface area contributed by atoms with E-state index in [1.807, 2.05) is 36.2 Å². The number of rotatable bonds is 2. The van der Waals surface area contributed by atoms with Gasteiger partial charge in [0.15, 0.2) is 0 Å². The Morgan fingerprint density at radius 2 is 2.00 bits per heavy atom. The Morgan fingerprint density at radius 1 is 1.30 bits per heavy atom. The lowest BCUT2D eigenvalue weighted by molar-refractivity contribution is 0.0729. The Labute approximate surface area is 118 Å². The predicted octanol–water partition coefficient (Wildman–Crippen LogP) is 2.83. The number of carbonyl (C=O) groups excluding carboxylic acids is 1. The van der Waals surface area contributed by atoms with Crippen LogP contribution in [0.3, 0.4) is 0 Å². The van der Waals surface area contributed by atoms with Gasteiger partial charge in [-0.05, 0) is 25.0 Å². The molecule has 1 aromatic carbocycles. The van der Waals surface area contributed by atoms with Crippen molar-refractivity contribution >= 4 is 22.5 Å². The SMILES string of the molecule is CN(C(=O)c1cc(N)c2ccccc2n1)C1CCCC1. The summed E-state index contributed by atoms with van der Waals surface area (Å²) in [7, 11) is 1.87. The second-order valence-electron chi connectivity index (χ2n) is 5.47. The zero-order valence-electron chi connectivity index (χ0n) is 11.7. The third-order valence-corrected chi connectivity index (χ3v) is 4.16. The van der Waals surface area contributed by atoms with E-state index in [2.05, 4.69) is 4.98 Å². The lowest BCUT2D eigenvalue weighted by Crippen LogP contribution is -2.35. The Hall–Kier alpha value is -2.10. The number of fused-ring (bicyclic) bond motifs is 1. The highest BCUT2D eigenvalue weighted by Crippen LogP contribution is 2.25. The van der Waals surface area contributed by atoms with Crippen LogP contribution in [-0.2, 0) is 0 Å². The molecule has 2 aromatic rings. The van der Waals surface area contributed by atoms with E-state index in [9.17, 15) is 4.79 Å². The average molecular weight is 269 g/mol. The first-order valence-electron chi connectivity index (χ1n) is 7.09. The number of hydrogen-bond acceptors (Lipinski definition) is 3. The van der Waals surface area contributed by atoms with Gasteiger partial charge in [-0.1, -0.05) is 31.0 Å². The van der Waals surface area contributed by atoms with Crippen LogP contribution in [0.5, 0.6) is 0 Å². The van der Waals surface area contributed by atoms with Crippen molar-refractivity contribution in [3.05, 3.63) is 36.0 Å². The smallest absolute Gasteiger partial charge is 0.272 e. The summed E-state index contributed by atoms with van der Waals surface area (Å²) in [5, 5.41) is 0.896. The van der Waals surface area contributed by atoms with Gasteiger partial charge in [0, 0.05) is 24.2 Å². The molecule has 104 valence electrons. The molecule has 1 saturated carbocycles. The summed E-state index contributed by atoms with van der Waals surface area (Å²) < 4.78 is 0. The van der Waals surface area contributed by atoms with Crippen molar-refractivity contribution in [3.63, 3.8) is 0 Å². The summed E-state index contributed by atoms with van der Waals surface area (Å²) in [5.74, 6) is -0.0330. The van der Waals surface area contributed by atoms with Crippen LogP contribution >= 0.6 is 0 Å². The lowest BCUT2D eigenvalue weighted by atomic mass is 10.1. The van der Waals surface area contributed by atoms with Crippen LogP contribution in [0, 0.1) is 0 Å². The van der Waals surface area contributed by atoms with E-state index >= 15 is 0 Å². The number of amides is 1. The summed E-state index contributed by atoms with van der Waals surface area (Å²) >= 11 is 0. The number of para-hydroxylation sites is 1. The highest BCUT2D eigenvalue weighted by atomic mass is 16.2. The van der Waals surface area contributed by atoms with Crippen LogP contribution in [0.25, 0.3) is 10.9 Å². The van der Waals surface area contributed by atoms with Crippen molar-refractivity contribution in [2.75, 3.05) is 12.8 Å². The van der Waals surface area contributed by atoms with Crippen molar-refractivity contribution in [1.29, 1.82) is 0 Å². The van der Waals surface area contributed by atoms with Crippen LogP contribution in [0.1, 0.15) is 36.2 Å². The molecular formula is C16H19N3O. The standard InChI is InChI=1S/C16H19N3O/c1-19(11-6-2-3-7-11)16(20)15-10-13(17)12-8-4-5-9-14(12)18-15/h4-5,8-11H,2-3,6-7H2,1H3,(H2,17,18). The summed E-state index contributed by atoms with van der Waals surface area (Å²) in [4.78, 5) is 18.8. The van der Waals surface area contributed by atoms with Gasteiger partial charge in [0.1, 0.15) is 5.69 Å². The Kier molecular flexibility index (Phi) is 3.30. The first-order chi connectivity index (χ1) is 9.66. The number of pyridine rings is 1. The summed E-state index contributed by atoms with van der Waals surface area (Å²) in [6.07, 6.45) is 4.59. The van der Waals surface area contributed by atoms with Crippen molar-refractivity contribution in [2.24, 2.45) is 0 Å². The van der Waals surface area contributed by atoms with Crippen LogP contribution in [0.15, 0.2) is 30.3 Å². The molecule has 4 heteroatoms. The molecule has 20 heavy (non-hydrogen) atoms. The fraction of sp³-hybridized carbons (Fsp3) is 0.375. The summed E-state index contributed by atoms with van der Waals surface area (Å²) in [6.45, 7) is 0. The van der Waals surface area contributed by atoms with Crippen molar-refractivity contribution in [3.8, 4) is 0 Å². The van der Waals surface area contributed by atoms with Gasteiger partial charge < -0.3 is 10.6 Å². The van der Waals surface area contributed by atoms with E-state index in [1.165, 1.54) is 12.8 Å². The number of aromatic nitrogens is 1. The second kappa shape index (κ2) is 5.12. The molecule has 0 unspecified atom stereocenters. The van der Waals surface area contributed by atoms with Gasteiger partial charge in [0.05, 0.1) is 5.52 Å². The average Bonchev–Trinajstić information content (AvgIpc) is 3.00. The Morgan fingerprint density at radius 3 is 2.75 bits per heavy atom. The minimum absolute atomic E-state index is 0.0330. The number of benzene rings is 1. The molecule has 1 amide bonds. The second-order valence-corrected chi connectivity index (χ2v) is 5.47. The van der Waals surface area contributed by atoms with Gasteiger partial charge in [0.2, 0.25) is 0 Å². The molecule has 0 radical (unpaired) electrons. The number of hydrogen-bond donors (Lipinski definition) is 1. The van der Waals surface area contributed by atoms with E-state index in [1.54, 1.807) is 6.07 Å². The minimum atomic E-state index is -0.0330. The molecule has 1 aromatic heterocycles. The lowest BCUT2D eigenvalue weighted by Gasteiger charge is -2.24. The molecule has 3 rings (SSSR count). The summed E-state index contributed by atoms with van der Waals surface area (Å²) in [5.41, 5.74) is 7.86. The van der Waals surface area contributed by atoms with Crippen molar-refractivity contribution in [1.82, 2.24) is 9.88 Å². The monoisotopic (exact) mass is 269 g/mol. The maximum Gasteiger partial charge on any atom is 0.272 e. The number of nitrogens with zero attached hydrogens (tertiary/aromatic N) is 2. The topological polar surface area (TPSA) is 59.2 Å². The zero-order valence-corrected chi connectivity index (χ0v) is 11.7. The van der Waals surface area contributed by atoms with Gasteiger partial charge >= 0.3 is 0 Å². The van der Waals surface area contributed by atoms with Gasteiger partial charge in [-0.25, -0.2) is 4.98 Å². The number of anilines is 1. The number of nitrogens with two attached hydrogens (primary N) is 1. The van der Waals surface area contributed by atoms with Crippen LogP contribution in [-0.4, -0.2) is 28.9 Å². The van der Waals surface area contributed by atoms with Crippen LogP contribution in [0.4, 0.5) is 5.69 Å². The number of carbonyl (C=O) groups is 1. The predicted molar refractivity (Wildman–Crippen MR) is 80.5 cm³/mol. The molecule has 0 spiro atoms. The van der Waals surface area contributed by atoms with E-state index < -0.39 is 0 Å². The van der Waals surface area contributed by atoms with E-state index in [0.29, 0.717) is 17.4 Å². The van der Waals surface area contributed by atoms with Crippen molar-refractivity contribution < 1.29 is 4.79 Å². The molecule has 1 aliphatic carbocycles. The molecule has 1 fully saturated rings. The van der Waals surface area contributed by atoms with Crippen molar-refractivity contribution in [2.45, 2.75) is 31.7 Å². The Bertz CT molecular complexity index is 647. The largest absolute Gasteiger partial charge is 0.398 e. The molecule has 0 saturated heterocycles. The minimum Gasteiger partial charge on any atom is -0.398 e. The third kappa shape index (κ3) is 2.22. The molecule has 0 bridgehead atoms. The van der Waals surface area contributed by atoms with E-state index in [-0.39, 0.29) is 5.91 Å². The highest BCUT2D eigenvalue weighted by Gasteiger charge is 2.25. The first-order valence-corrected chi connectivity index (χ1v) is 7.09. The van der Waals surface area contributed by atoms with E-state index in [0.717, 1.165) is 23.7 Å².